The van der Waals surface area contributed by atoms with Gasteiger partial charge in [0, 0.05) is 30.1 Å². The standard InChI is InChI=1S/C21H17F3N4O2S/c22-21(23,24)18-11-17(4-3-14(18)12-25)26-13-20(9-1-2-10-20)27(19(26)31)15-5-7-16(8-6-15)28(29)30/h3-8,11H,1-2,9-10,13H2. The topological polar surface area (TPSA) is 73.4 Å². The average Bonchev–Trinajstić information content (AvgIpc) is 3.31. The Kier molecular flexibility index (Phi) is 5.09. The summed E-state index contributed by atoms with van der Waals surface area (Å²) in [5.41, 5.74) is -0.932. The van der Waals surface area contributed by atoms with E-state index in [0.717, 1.165) is 37.8 Å². The van der Waals surface area contributed by atoms with Crippen molar-refractivity contribution in [3.05, 3.63) is 63.7 Å². The van der Waals surface area contributed by atoms with Crippen molar-refractivity contribution in [2.24, 2.45) is 0 Å². The third-order valence-corrected chi connectivity index (χ3v) is 6.35. The fraction of sp³-hybridized carbons (Fsp3) is 0.333. The summed E-state index contributed by atoms with van der Waals surface area (Å²) in [6.07, 6.45) is -1.13. The largest absolute Gasteiger partial charge is 0.417 e. The highest BCUT2D eigenvalue weighted by Gasteiger charge is 2.50. The maximum atomic E-state index is 13.5. The van der Waals surface area contributed by atoms with Gasteiger partial charge in [-0.2, -0.15) is 18.4 Å². The Balaban J connectivity index is 1.76. The number of halogens is 3. The molecule has 2 fully saturated rings. The van der Waals surface area contributed by atoms with Gasteiger partial charge >= 0.3 is 6.18 Å². The Morgan fingerprint density at radius 1 is 1.10 bits per heavy atom. The molecule has 0 N–H and O–H groups in total. The Hall–Kier alpha value is -3.19. The normalized spacial score (nSPS) is 17.9. The molecule has 0 atom stereocenters. The van der Waals surface area contributed by atoms with Crippen LogP contribution in [0.3, 0.4) is 0 Å². The van der Waals surface area contributed by atoms with Crippen molar-refractivity contribution < 1.29 is 18.1 Å². The molecule has 2 aromatic rings. The lowest BCUT2D eigenvalue weighted by atomic mass is 9.96. The summed E-state index contributed by atoms with van der Waals surface area (Å²) < 4.78 is 40.4. The van der Waals surface area contributed by atoms with E-state index in [1.54, 1.807) is 23.1 Å². The van der Waals surface area contributed by atoms with Crippen LogP contribution in [0.25, 0.3) is 0 Å². The van der Waals surface area contributed by atoms with Gasteiger partial charge < -0.3 is 9.80 Å². The average molecular weight is 446 g/mol. The summed E-state index contributed by atoms with van der Waals surface area (Å²) in [4.78, 5) is 14.1. The van der Waals surface area contributed by atoms with Gasteiger partial charge in [0.1, 0.15) is 0 Å². The van der Waals surface area contributed by atoms with E-state index >= 15 is 0 Å². The molecular weight excluding hydrogens is 429 g/mol. The van der Waals surface area contributed by atoms with Gasteiger partial charge in [-0.15, -0.1) is 0 Å². The zero-order chi connectivity index (χ0) is 22.4. The zero-order valence-electron chi connectivity index (χ0n) is 16.2. The predicted molar refractivity (Wildman–Crippen MR) is 113 cm³/mol. The van der Waals surface area contributed by atoms with Crippen LogP contribution >= 0.6 is 12.2 Å². The SMILES string of the molecule is N#Cc1ccc(N2CC3(CCCC3)N(c3ccc([N+](=O)[O-])cc3)C2=S)cc1C(F)(F)F. The molecule has 1 aliphatic heterocycles. The molecule has 0 bridgehead atoms. The second-order valence-corrected chi connectivity index (χ2v) is 8.11. The highest BCUT2D eigenvalue weighted by Crippen LogP contribution is 2.46. The number of hydrogen-bond acceptors (Lipinski definition) is 4. The molecule has 1 spiro atoms. The number of thiocarbonyl (C=S) groups is 1. The zero-order valence-corrected chi connectivity index (χ0v) is 17.0. The first-order chi connectivity index (χ1) is 14.7. The van der Waals surface area contributed by atoms with Crippen LogP contribution in [0.15, 0.2) is 42.5 Å². The van der Waals surface area contributed by atoms with Crippen molar-refractivity contribution in [2.75, 3.05) is 16.3 Å². The van der Waals surface area contributed by atoms with E-state index in [4.69, 9.17) is 17.5 Å². The number of nitro benzene ring substituents is 1. The number of anilines is 2. The van der Waals surface area contributed by atoms with Gasteiger partial charge in [-0.1, -0.05) is 12.8 Å². The molecule has 10 heteroatoms. The molecule has 31 heavy (non-hydrogen) atoms. The molecular formula is C21H17F3N4O2S. The maximum absolute atomic E-state index is 13.5. The molecule has 0 amide bonds. The number of nitrogens with zero attached hydrogens (tertiary/aromatic N) is 4. The van der Waals surface area contributed by atoms with Crippen molar-refractivity contribution in [1.29, 1.82) is 5.26 Å². The van der Waals surface area contributed by atoms with E-state index in [9.17, 15) is 23.3 Å². The van der Waals surface area contributed by atoms with Crippen molar-refractivity contribution in [3.63, 3.8) is 0 Å². The first kappa shape index (κ1) is 21.1. The molecule has 0 aromatic heterocycles. The summed E-state index contributed by atoms with van der Waals surface area (Å²) in [6.45, 7) is 0.409. The molecule has 1 saturated heterocycles. The van der Waals surface area contributed by atoms with Gasteiger partial charge in [0.2, 0.25) is 0 Å². The van der Waals surface area contributed by atoms with E-state index in [0.29, 0.717) is 17.3 Å². The lowest BCUT2D eigenvalue weighted by Crippen LogP contribution is -2.45. The maximum Gasteiger partial charge on any atom is 0.417 e. The fourth-order valence-electron chi connectivity index (χ4n) is 4.51. The molecule has 2 aliphatic rings. The third-order valence-electron chi connectivity index (χ3n) is 5.94. The first-order valence-corrected chi connectivity index (χ1v) is 10.0. The van der Waals surface area contributed by atoms with E-state index in [1.807, 2.05) is 4.90 Å². The molecule has 160 valence electrons. The predicted octanol–water partition coefficient (Wildman–Crippen LogP) is 5.41. The van der Waals surface area contributed by atoms with Crippen molar-refractivity contribution in [3.8, 4) is 6.07 Å². The van der Waals surface area contributed by atoms with Gasteiger partial charge in [-0.3, -0.25) is 10.1 Å². The second kappa shape index (κ2) is 7.50. The van der Waals surface area contributed by atoms with Gasteiger partial charge in [-0.05, 0) is 55.4 Å². The van der Waals surface area contributed by atoms with Crippen LogP contribution in [0.4, 0.5) is 30.2 Å². The fourth-order valence-corrected chi connectivity index (χ4v) is 4.98. The van der Waals surface area contributed by atoms with Gasteiger partial charge in [0.05, 0.1) is 27.7 Å². The van der Waals surface area contributed by atoms with E-state index in [-0.39, 0.29) is 16.9 Å². The van der Waals surface area contributed by atoms with E-state index in [2.05, 4.69) is 0 Å². The molecule has 1 saturated carbocycles. The quantitative estimate of drug-likeness (QED) is 0.357. The number of nitro groups is 1. The third kappa shape index (κ3) is 3.59. The van der Waals surface area contributed by atoms with Crippen LogP contribution in [0, 0.1) is 21.4 Å². The minimum atomic E-state index is -4.66. The Bertz CT molecular complexity index is 1090. The van der Waals surface area contributed by atoms with Gasteiger partial charge in [0.15, 0.2) is 5.11 Å². The second-order valence-electron chi connectivity index (χ2n) is 7.75. The van der Waals surface area contributed by atoms with Crippen LogP contribution in [-0.4, -0.2) is 22.1 Å². The summed E-state index contributed by atoms with van der Waals surface area (Å²) >= 11 is 5.69. The highest BCUT2D eigenvalue weighted by molar-refractivity contribution is 7.80. The monoisotopic (exact) mass is 446 g/mol. The van der Waals surface area contributed by atoms with Crippen molar-refractivity contribution in [2.45, 2.75) is 37.4 Å². The minimum Gasteiger partial charge on any atom is -0.316 e. The van der Waals surface area contributed by atoms with Crippen LogP contribution in [0.5, 0.6) is 0 Å². The van der Waals surface area contributed by atoms with Crippen molar-refractivity contribution in [1.82, 2.24) is 0 Å². The molecule has 4 rings (SSSR count). The lowest BCUT2D eigenvalue weighted by Gasteiger charge is -2.34. The lowest BCUT2D eigenvalue weighted by molar-refractivity contribution is -0.384. The highest BCUT2D eigenvalue weighted by atomic mass is 32.1. The van der Waals surface area contributed by atoms with Crippen LogP contribution in [0.1, 0.15) is 36.8 Å². The van der Waals surface area contributed by atoms with Gasteiger partial charge in [0.25, 0.3) is 5.69 Å². The summed E-state index contributed by atoms with van der Waals surface area (Å²) in [6, 6.07) is 11.2. The summed E-state index contributed by atoms with van der Waals surface area (Å²) in [5.74, 6) is 0. The minimum absolute atomic E-state index is 0.0481. The summed E-state index contributed by atoms with van der Waals surface area (Å²) in [5, 5.41) is 20.4. The number of non-ortho nitro benzene ring substituents is 1. The molecule has 1 heterocycles. The Labute approximate surface area is 181 Å². The molecule has 2 aromatic carbocycles. The van der Waals surface area contributed by atoms with Crippen molar-refractivity contribution >= 4 is 34.4 Å². The number of rotatable bonds is 3. The molecule has 0 unspecified atom stereocenters. The van der Waals surface area contributed by atoms with Gasteiger partial charge in [-0.25, -0.2) is 0 Å². The first-order valence-electron chi connectivity index (χ1n) is 9.64. The van der Waals surface area contributed by atoms with Crippen LogP contribution < -0.4 is 9.80 Å². The summed E-state index contributed by atoms with van der Waals surface area (Å²) in [7, 11) is 0. The van der Waals surface area contributed by atoms with Crippen LogP contribution in [0.2, 0.25) is 0 Å². The molecule has 6 nitrogen and oxygen atoms in total. The van der Waals surface area contributed by atoms with E-state index in [1.165, 1.54) is 18.2 Å². The molecule has 1 aliphatic carbocycles. The number of benzene rings is 2. The van der Waals surface area contributed by atoms with Crippen LogP contribution in [-0.2, 0) is 6.18 Å². The number of hydrogen-bond donors (Lipinski definition) is 0. The Morgan fingerprint density at radius 3 is 2.26 bits per heavy atom. The number of alkyl halides is 3. The Morgan fingerprint density at radius 2 is 1.71 bits per heavy atom. The molecule has 0 radical (unpaired) electrons. The van der Waals surface area contributed by atoms with E-state index < -0.39 is 22.2 Å². The smallest absolute Gasteiger partial charge is 0.316 e. The number of nitriles is 1.